The topological polar surface area (TPSA) is 77.8 Å². The molecule has 2 N–H and O–H groups in total. The third kappa shape index (κ3) is 5.25. The molecule has 0 rings (SSSR count). The summed E-state index contributed by atoms with van der Waals surface area (Å²) in [6.07, 6.45) is 3.21. The average Bonchev–Trinajstić information content (AvgIpc) is 2.21. The molecule has 5 nitrogen and oxygen atoms in total. The van der Waals surface area contributed by atoms with E-state index in [0.29, 0.717) is 13.0 Å². The molecule has 0 saturated heterocycles. The van der Waals surface area contributed by atoms with Gasteiger partial charge in [-0.1, -0.05) is 19.8 Å². The van der Waals surface area contributed by atoms with Crippen LogP contribution in [-0.2, 0) is 4.79 Å². The predicted octanol–water partition coefficient (Wildman–Crippen LogP) is 1.97. The van der Waals surface area contributed by atoms with Gasteiger partial charge in [-0.05, 0) is 12.7 Å². The fourth-order valence-electron chi connectivity index (χ4n) is 1.37. The second kappa shape index (κ2) is 8.27. The first-order chi connectivity index (χ1) is 7.54. The maximum Gasteiger partial charge on any atom is 0.408 e. The summed E-state index contributed by atoms with van der Waals surface area (Å²) in [5.74, 6) is -0.790. The zero-order chi connectivity index (χ0) is 12.6. The van der Waals surface area contributed by atoms with Crippen LogP contribution in [0, 0.1) is 0 Å². The van der Waals surface area contributed by atoms with E-state index in [1.807, 2.05) is 6.92 Å². The summed E-state index contributed by atoms with van der Waals surface area (Å²) < 4.78 is 0. The fraction of sp³-hybridized carbons (Fsp3) is 0.800. The first-order valence-corrected chi connectivity index (χ1v) is 6.65. The number of aliphatic carboxylic acids is 1. The van der Waals surface area contributed by atoms with Crippen molar-refractivity contribution in [3.63, 3.8) is 0 Å². The van der Waals surface area contributed by atoms with Crippen molar-refractivity contribution in [2.24, 2.45) is 0 Å². The minimum Gasteiger partial charge on any atom is -0.480 e. The minimum absolute atomic E-state index is 0.285. The van der Waals surface area contributed by atoms with Gasteiger partial charge in [0.2, 0.25) is 0 Å². The van der Waals surface area contributed by atoms with Gasteiger partial charge in [-0.15, -0.1) is 0 Å². The molecule has 1 atom stereocenters. The molecule has 0 aliphatic rings. The molecule has 0 aliphatic carbocycles. The Morgan fingerprint density at radius 3 is 2.31 bits per heavy atom. The Morgan fingerprint density at radius 1 is 1.31 bits per heavy atom. The molecule has 0 aromatic carbocycles. The lowest BCUT2D eigenvalue weighted by Gasteiger charge is -2.25. The molecule has 0 aromatic rings. The molecule has 16 heavy (non-hydrogen) atoms. The van der Waals surface area contributed by atoms with Crippen molar-refractivity contribution >= 4 is 23.8 Å². The van der Waals surface area contributed by atoms with E-state index in [2.05, 4.69) is 0 Å². The highest BCUT2D eigenvalue weighted by molar-refractivity contribution is 7.98. The van der Waals surface area contributed by atoms with E-state index in [1.54, 1.807) is 6.26 Å². The lowest BCUT2D eigenvalue weighted by Crippen LogP contribution is -2.46. The zero-order valence-electron chi connectivity index (χ0n) is 9.68. The van der Waals surface area contributed by atoms with Crippen molar-refractivity contribution in [1.29, 1.82) is 0 Å². The summed E-state index contributed by atoms with van der Waals surface area (Å²) in [6.45, 7) is 2.31. The number of unbranched alkanes of at least 4 members (excludes halogenated alkanes) is 2. The third-order valence-electron chi connectivity index (χ3n) is 2.23. The highest BCUT2D eigenvalue weighted by atomic mass is 32.2. The monoisotopic (exact) mass is 249 g/mol. The summed E-state index contributed by atoms with van der Waals surface area (Å²) in [5, 5.41) is 17.9. The Kier molecular flexibility index (Phi) is 7.80. The van der Waals surface area contributed by atoms with Crippen LogP contribution in [0.4, 0.5) is 4.79 Å². The van der Waals surface area contributed by atoms with Crippen LogP contribution >= 0.6 is 11.8 Å². The van der Waals surface area contributed by atoms with Gasteiger partial charge in [0.25, 0.3) is 0 Å². The molecule has 6 heteroatoms. The largest absolute Gasteiger partial charge is 0.480 e. The molecular formula is C10H19NO4S. The second-order valence-corrected chi connectivity index (χ2v) is 4.40. The number of carboxylic acid groups (broad SMARTS) is 2. The second-order valence-electron chi connectivity index (χ2n) is 3.49. The van der Waals surface area contributed by atoms with Gasteiger partial charge in [0.05, 0.1) is 0 Å². The van der Waals surface area contributed by atoms with E-state index in [9.17, 15) is 9.59 Å². The van der Waals surface area contributed by atoms with Crippen LogP contribution in [0.1, 0.15) is 26.2 Å². The average molecular weight is 249 g/mol. The van der Waals surface area contributed by atoms with Gasteiger partial charge in [0.15, 0.2) is 0 Å². The maximum absolute atomic E-state index is 11.0. The number of carbonyl (C=O) groups is 2. The fourth-order valence-corrected chi connectivity index (χ4v) is 2.01. The van der Waals surface area contributed by atoms with Crippen LogP contribution in [0.5, 0.6) is 0 Å². The molecule has 1 unspecified atom stereocenters. The van der Waals surface area contributed by atoms with Crippen LogP contribution in [-0.4, -0.2) is 51.8 Å². The number of amides is 1. The smallest absolute Gasteiger partial charge is 0.408 e. The SMILES string of the molecule is CCCCCN(C(=O)O)C(CSC)C(=O)O. The van der Waals surface area contributed by atoms with E-state index >= 15 is 0 Å². The van der Waals surface area contributed by atoms with Crippen LogP contribution in [0.25, 0.3) is 0 Å². The predicted molar refractivity (Wildman–Crippen MR) is 64.1 cm³/mol. The van der Waals surface area contributed by atoms with E-state index in [0.717, 1.165) is 17.7 Å². The Labute approximate surface area is 99.8 Å². The standard InChI is InChI=1S/C10H19NO4S/c1-3-4-5-6-11(10(14)15)8(7-16-2)9(12)13/h8H,3-7H2,1-2H3,(H,12,13)(H,14,15). The Hall–Kier alpha value is -0.910. The summed E-state index contributed by atoms with van der Waals surface area (Å²) in [4.78, 5) is 22.9. The maximum atomic E-state index is 11.0. The molecule has 0 aromatic heterocycles. The minimum atomic E-state index is -1.16. The molecular weight excluding hydrogens is 230 g/mol. The number of carboxylic acids is 1. The summed E-state index contributed by atoms with van der Waals surface area (Å²) >= 11 is 1.34. The van der Waals surface area contributed by atoms with Crippen LogP contribution in [0.2, 0.25) is 0 Å². The number of thioether (sulfide) groups is 1. The molecule has 1 amide bonds. The van der Waals surface area contributed by atoms with Crippen molar-refractivity contribution < 1.29 is 19.8 Å². The third-order valence-corrected chi connectivity index (χ3v) is 2.88. The van der Waals surface area contributed by atoms with Crippen LogP contribution in [0.15, 0.2) is 0 Å². The molecule has 94 valence electrons. The normalized spacial score (nSPS) is 12.1. The van der Waals surface area contributed by atoms with Crippen molar-refractivity contribution in [3.8, 4) is 0 Å². The van der Waals surface area contributed by atoms with Crippen LogP contribution < -0.4 is 0 Å². The van der Waals surface area contributed by atoms with Crippen molar-refractivity contribution in [2.45, 2.75) is 32.2 Å². The van der Waals surface area contributed by atoms with E-state index in [-0.39, 0.29) is 5.75 Å². The highest BCUT2D eigenvalue weighted by Crippen LogP contribution is 2.09. The van der Waals surface area contributed by atoms with E-state index in [1.165, 1.54) is 11.8 Å². The summed E-state index contributed by atoms with van der Waals surface area (Å²) in [7, 11) is 0. The lowest BCUT2D eigenvalue weighted by molar-refractivity contribution is -0.141. The summed E-state index contributed by atoms with van der Waals surface area (Å²) in [6, 6.07) is -0.940. The Bertz CT molecular complexity index is 235. The quantitative estimate of drug-likeness (QED) is 0.643. The van der Waals surface area contributed by atoms with Gasteiger partial charge in [-0.2, -0.15) is 11.8 Å². The van der Waals surface area contributed by atoms with Gasteiger partial charge in [-0.3, -0.25) is 4.90 Å². The van der Waals surface area contributed by atoms with E-state index in [4.69, 9.17) is 10.2 Å². The summed E-state index contributed by atoms with van der Waals surface area (Å²) in [5.41, 5.74) is 0. The number of rotatable bonds is 8. The van der Waals surface area contributed by atoms with Gasteiger partial charge in [0, 0.05) is 12.3 Å². The zero-order valence-corrected chi connectivity index (χ0v) is 10.5. The van der Waals surface area contributed by atoms with Crippen molar-refractivity contribution in [2.75, 3.05) is 18.6 Å². The molecule has 0 spiro atoms. The first kappa shape index (κ1) is 15.1. The van der Waals surface area contributed by atoms with Crippen LogP contribution in [0.3, 0.4) is 0 Å². The Morgan fingerprint density at radius 2 is 1.94 bits per heavy atom. The number of hydrogen-bond acceptors (Lipinski definition) is 3. The van der Waals surface area contributed by atoms with Gasteiger partial charge < -0.3 is 10.2 Å². The molecule has 0 fully saturated rings. The molecule has 0 aliphatic heterocycles. The van der Waals surface area contributed by atoms with E-state index < -0.39 is 18.1 Å². The molecule has 0 radical (unpaired) electrons. The number of nitrogens with zero attached hydrogens (tertiary/aromatic N) is 1. The highest BCUT2D eigenvalue weighted by Gasteiger charge is 2.28. The first-order valence-electron chi connectivity index (χ1n) is 5.25. The van der Waals surface area contributed by atoms with Gasteiger partial charge in [-0.25, -0.2) is 9.59 Å². The van der Waals surface area contributed by atoms with Gasteiger partial charge >= 0.3 is 12.1 Å². The molecule has 0 bridgehead atoms. The number of hydrogen-bond donors (Lipinski definition) is 2. The molecule has 0 heterocycles. The Balaban J connectivity index is 4.45. The van der Waals surface area contributed by atoms with Crippen molar-refractivity contribution in [3.05, 3.63) is 0 Å². The van der Waals surface area contributed by atoms with Gasteiger partial charge in [0.1, 0.15) is 6.04 Å². The molecule has 0 saturated carbocycles. The van der Waals surface area contributed by atoms with Crippen molar-refractivity contribution in [1.82, 2.24) is 4.90 Å². The lowest BCUT2D eigenvalue weighted by atomic mass is 10.2.